The molecule has 0 unspecified atom stereocenters. The van der Waals surface area contributed by atoms with Gasteiger partial charge in [0.05, 0.1) is 6.54 Å². The first kappa shape index (κ1) is 26.1. The fourth-order valence-corrected chi connectivity index (χ4v) is 7.94. The average molecular weight is 522 g/mol. The van der Waals surface area contributed by atoms with E-state index in [9.17, 15) is 4.79 Å². The number of hydrogen-bond donors (Lipinski definition) is 2. The molecule has 2 aliphatic heterocycles. The summed E-state index contributed by atoms with van der Waals surface area (Å²) < 4.78 is 2.05. The van der Waals surface area contributed by atoms with E-state index in [0.717, 1.165) is 24.3 Å². The number of aromatic amines is 1. The van der Waals surface area contributed by atoms with Crippen LogP contribution in [0.1, 0.15) is 93.5 Å². The van der Waals surface area contributed by atoms with Crippen molar-refractivity contribution in [3.05, 3.63) is 36.4 Å². The van der Waals surface area contributed by atoms with Crippen LogP contribution in [0, 0.1) is 17.3 Å². The second-order valence-electron chi connectivity index (χ2n) is 12.8. The normalized spacial score (nSPS) is 27.2. The number of nitrogens with one attached hydrogen (secondary N) is 2. The molecule has 2 saturated heterocycles. The molecule has 8 heteroatoms. The fourth-order valence-electron chi connectivity index (χ4n) is 7.94. The van der Waals surface area contributed by atoms with Crippen LogP contribution < -0.4 is 5.32 Å². The van der Waals surface area contributed by atoms with E-state index in [4.69, 9.17) is 0 Å². The Labute approximate surface area is 228 Å². The first-order valence-electron chi connectivity index (χ1n) is 15.4. The second kappa shape index (κ2) is 11.9. The summed E-state index contributed by atoms with van der Waals surface area (Å²) >= 11 is 0. The molecule has 1 spiro atoms. The molecule has 4 heterocycles. The maximum atomic E-state index is 12.7. The highest BCUT2D eigenvalue weighted by Gasteiger charge is 2.42. The Morgan fingerprint density at radius 1 is 0.921 bits per heavy atom. The number of rotatable bonds is 8. The van der Waals surface area contributed by atoms with E-state index >= 15 is 0 Å². The number of piperidine rings is 1. The predicted molar refractivity (Wildman–Crippen MR) is 149 cm³/mol. The number of aromatic nitrogens is 4. The molecule has 6 rings (SSSR count). The maximum absolute atomic E-state index is 12.7. The van der Waals surface area contributed by atoms with Crippen molar-refractivity contribution >= 4 is 5.91 Å². The van der Waals surface area contributed by atoms with Crippen LogP contribution in [0.15, 0.2) is 24.8 Å². The summed E-state index contributed by atoms with van der Waals surface area (Å²) in [5.74, 6) is 2.60. The molecule has 2 aromatic heterocycles. The minimum absolute atomic E-state index is 0.132. The van der Waals surface area contributed by atoms with Gasteiger partial charge in [0.25, 0.3) is 5.91 Å². The molecular formula is C30H47N7O. The topological polar surface area (TPSA) is 82.1 Å². The van der Waals surface area contributed by atoms with Crippen LogP contribution in [0.2, 0.25) is 0 Å². The first-order chi connectivity index (χ1) is 18.7. The molecule has 0 atom stereocenters. The van der Waals surface area contributed by atoms with Gasteiger partial charge in [0.1, 0.15) is 5.82 Å². The van der Waals surface area contributed by atoms with Gasteiger partial charge < -0.3 is 24.7 Å². The number of hydrogen-bond acceptors (Lipinski definition) is 5. The molecule has 2 saturated carbocycles. The Morgan fingerprint density at radius 3 is 2.39 bits per heavy atom. The predicted octanol–water partition coefficient (Wildman–Crippen LogP) is 4.46. The zero-order valence-corrected chi connectivity index (χ0v) is 23.1. The molecule has 8 nitrogen and oxygen atoms in total. The lowest BCUT2D eigenvalue weighted by atomic mass is 9.77. The van der Waals surface area contributed by atoms with Crippen LogP contribution in [-0.4, -0.2) is 74.0 Å². The maximum Gasteiger partial charge on any atom is 0.287 e. The number of H-pyrrole nitrogens is 1. The van der Waals surface area contributed by atoms with Crippen molar-refractivity contribution in [2.45, 2.75) is 96.2 Å². The third-order valence-electron chi connectivity index (χ3n) is 10.3. The summed E-state index contributed by atoms with van der Waals surface area (Å²) in [6.45, 7) is 7.93. The summed E-state index contributed by atoms with van der Waals surface area (Å²) in [5, 5.41) is 2.93. The molecule has 0 bridgehead atoms. The lowest BCUT2D eigenvalue weighted by molar-refractivity contribution is 0.0600. The zero-order valence-electron chi connectivity index (χ0n) is 23.1. The van der Waals surface area contributed by atoms with Gasteiger partial charge in [-0.3, -0.25) is 4.79 Å². The van der Waals surface area contributed by atoms with Crippen molar-refractivity contribution < 1.29 is 4.79 Å². The van der Waals surface area contributed by atoms with Gasteiger partial charge in [-0.15, -0.1) is 0 Å². The average Bonchev–Trinajstić information content (AvgIpc) is 3.72. The Hall–Kier alpha value is -2.19. The number of likely N-dealkylation sites (tertiary alicyclic amines) is 2. The summed E-state index contributed by atoms with van der Waals surface area (Å²) in [5.41, 5.74) is 0.609. The van der Waals surface area contributed by atoms with Gasteiger partial charge in [-0.1, -0.05) is 19.3 Å². The van der Waals surface area contributed by atoms with Gasteiger partial charge in [-0.2, -0.15) is 0 Å². The molecular weight excluding hydrogens is 474 g/mol. The quantitative estimate of drug-likeness (QED) is 0.536. The van der Waals surface area contributed by atoms with Crippen molar-refractivity contribution in [3.63, 3.8) is 0 Å². The first-order valence-corrected chi connectivity index (χ1v) is 15.4. The summed E-state index contributed by atoms with van der Waals surface area (Å²) in [4.78, 5) is 29.9. The van der Waals surface area contributed by atoms with Crippen molar-refractivity contribution in [2.75, 3.05) is 32.7 Å². The highest BCUT2D eigenvalue weighted by molar-refractivity contribution is 5.90. The van der Waals surface area contributed by atoms with Crippen molar-refractivity contribution in [1.82, 2.24) is 34.6 Å². The van der Waals surface area contributed by atoms with Crippen molar-refractivity contribution in [1.29, 1.82) is 0 Å². The van der Waals surface area contributed by atoms with Crippen LogP contribution in [0.5, 0.6) is 0 Å². The van der Waals surface area contributed by atoms with Crippen LogP contribution in [-0.2, 0) is 13.1 Å². The molecule has 2 aliphatic carbocycles. The van der Waals surface area contributed by atoms with Crippen LogP contribution in [0.25, 0.3) is 0 Å². The van der Waals surface area contributed by atoms with Crippen LogP contribution in [0.4, 0.5) is 0 Å². The smallest absolute Gasteiger partial charge is 0.287 e. The Kier molecular flexibility index (Phi) is 8.16. The summed E-state index contributed by atoms with van der Waals surface area (Å²) in [6, 6.07) is 0.892. The minimum atomic E-state index is -0.132. The van der Waals surface area contributed by atoms with E-state index in [-0.39, 0.29) is 5.91 Å². The van der Waals surface area contributed by atoms with E-state index < -0.39 is 0 Å². The second-order valence-corrected chi connectivity index (χ2v) is 12.8. The third-order valence-corrected chi connectivity index (χ3v) is 10.3. The molecule has 1 amide bonds. The standard InChI is InChI=1S/C30H47N7O/c38-29(34-20-27-31-13-14-32-27)28-33-15-19-37(28)22-25-8-6-24(7-9-25)21-35-16-10-30(23-35)11-17-36(18-12-30)26-4-2-1-3-5-26/h13-15,19,24-26H,1-12,16-18,20-23H2,(H,31,32)(H,34,38)/t24-,25-. The highest BCUT2D eigenvalue weighted by Crippen LogP contribution is 2.42. The Balaban J connectivity index is 0.919. The third kappa shape index (κ3) is 6.17. The SMILES string of the molecule is O=C(NCc1ncc[nH]1)c1nccn1C[C@H]1CC[C@H](CN2CCC3(CCN(C4CCCCC4)CC3)C2)CC1. The van der Waals surface area contributed by atoms with Crippen molar-refractivity contribution in [3.8, 4) is 0 Å². The summed E-state index contributed by atoms with van der Waals surface area (Å²) in [7, 11) is 0. The van der Waals surface area contributed by atoms with Gasteiger partial charge in [-0.05, 0) is 94.7 Å². The van der Waals surface area contributed by atoms with E-state index in [1.54, 1.807) is 18.6 Å². The number of imidazole rings is 2. The largest absolute Gasteiger partial charge is 0.347 e. The van der Waals surface area contributed by atoms with Crippen LogP contribution >= 0.6 is 0 Å². The van der Waals surface area contributed by atoms with Crippen molar-refractivity contribution in [2.24, 2.45) is 17.3 Å². The van der Waals surface area contributed by atoms with Gasteiger partial charge >= 0.3 is 0 Å². The zero-order chi connectivity index (χ0) is 25.8. The lowest BCUT2D eigenvalue weighted by Crippen LogP contribution is -2.46. The number of nitrogens with zero attached hydrogens (tertiary/aromatic N) is 5. The van der Waals surface area contributed by atoms with E-state index in [2.05, 4.69) is 30.1 Å². The number of amides is 1. The molecule has 4 aliphatic rings. The van der Waals surface area contributed by atoms with Gasteiger partial charge in [0, 0.05) is 50.5 Å². The van der Waals surface area contributed by atoms with Gasteiger partial charge in [-0.25, -0.2) is 9.97 Å². The monoisotopic (exact) mass is 521 g/mol. The molecule has 2 aromatic rings. The molecule has 0 aromatic carbocycles. The molecule has 0 radical (unpaired) electrons. The van der Waals surface area contributed by atoms with E-state index in [1.165, 1.54) is 110 Å². The number of carbonyl (C=O) groups is 1. The molecule has 4 fully saturated rings. The van der Waals surface area contributed by atoms with Gasteiger partial charge in [0.2, 0.25) is 0 Å². The summed E-state index contributed by atoms with van der Waals surface area (Å²) in [6.07, 6.45) is 23.8. The molecule has 208 valence electrons. The van der Waals surface area contributed by atoms with Crippen LogP contribution in [0.3, 0.4) is 0 Å². The van der Waals surface area contributed by atoms with E-state index in [1.807, 2.05) is 10.8 Å². The minimum Gasteiger partial charge on any atom is -0.347 e. The lowest BCUT2D eigenvalue weighted by Gasteiger charge is -2.44. The van der Waals surface area contributed by atoms with E-state index in [0.29, 0.717) is 23.7 Å². The van der Waals surface area contributed by atoms with Gasteiger partial charge in [0.15, 0.2) is 5.82 Å². The highest BCUT2D eigenvalue weighted by atomic mass is 16.2. The fraction of sp³-hybridized carbons (Fsp3) is 0.767. The Morgan fingerprint density at radius 2 is 1.66 bits per heavy atom. The molecule has 2 N–H and O–H groups in total. The Bertz CT molecular complexity index is 1010. The molecule has 38 heavy (non-hydrogen) atoms. The number of carbonyl (C=O) groups excluding carboxylic acids is 1.